The Bertz CT molecular complexity index is 877. The number of benzene rings is 1. The monoisotopic (exact) mass is 393 g/mol. The second kappa shape index (κ2) is 7.82. The van der Waals surface area contributed by atoms with Crippen LogP contribution in [0.25, 0.3) is 0 Å². The van der Waals surface area contributed by atoms with E-state index in [0.29, 0.717) is 33.0 Å². The molecule has 3 rings (SSSR count). The second-order valence-corrected chi connectivity index (χ2v) is 6.98. The fourth-order valence-electron chi connectivity index (χ4n) is 2.13. The lowest BCUT2D eigenvalue weighted by molar-refractivity contribution is 0.102. The highest BCUT2D eigenvalue weighted by molar-refractivity contribution is 7.15. The first-order valence-corrected chi connectivity index (χ1v) is 8.83. The predicted molar refractivity (Wildman–Crippen MR) is 100 cm³/mol. The van der Waals surface area contributed by atoms with Gasteiger partial charge in [0.1, 0.15) is 0 Å². The minimum Gasteiger partial charge on any atom is -0.481 e. The summed E-state index contributed by atoms with van der Waals surface area (Å²) in [5.74, 6) is 0.163. The molecular weight excluding hydrogens is 381 g/mol. The number of hydrogen-bond acceptors (Lipinski definition) is 5. The van der Waals surface area contributed by atoms with Crippen LogP contribution in [0, 0.1) is 0 Å². The molecule has 0 aliphatic heterocycles. The summed E-state index contributed by atoms with van der Waals surface area (Å²) in [5.41, 5.74) is 1.26. The molecule has 2 aromatic heterocycles. The van der Waals surface area contributed by atoms with Gasteiger partial charge in [-0.05, 0) is 23.8 Å². The van der Waals surface area contributed by atoms with Gasteiger partial charge in [0.05, 0.1) is 12.7 Å². The van der Waals surface area contributed by atoms with E-state index in [4.69, 9.17) is 27.9 Å². The summed E-state index contributed by atoms with van der Waals surface area (Å²) in [4.78, 5) is 21.4. The van der Waals surface area contributed by atoms with Crippen molar-refractivity contribution in [2.45, 2.75) is 6.42 Å². The molecule has 128 valence electrons. The van der Waals surface area contributed by atoms with Gasteiger partial charge in [0.15, 0.2) is 5.13 Å². The van der Waals surface area contributed by atoms with E-state index in [2.05, 4.69) is 15.3 Å². The Morgan fingerprint density at radius 1 is 1.16 bits per heavy atom. The van der Waals surface area contributed by atoms with Crippen LogP contribution in [-0.2, 0) is 6.42 Å². The number of nitrogens with zero attached hydrogens (tertiary/aromatic N) is 2. The summed E-state index contributed by atoms with van der Waals surface area (Å²) in [6.45, 7) is 0. The molecule has 0 fully saturated rings. The molecule has 5 nitrogen and oxygen atoms in total. The lowest BCUT2D eigenvalue weighted by Crippen LogP contribution is -2.11. The first kappa shape index (κ1) is 17.7. The van der Waals surface area contributed by atoms with E-state index in [0.717, 1.165) is 10.4 Å². The van der Waals surface area contributed by atoms with Crippen LogP contribution >= 0.6 is 34.5 Å². The van der Waals surface area contributed by atoms with Gasteiger partial charge in [0, 0.05) is 39.8 Å². The van der Waals surface area contributed by atoms with E-state index in [1.165, 1.54) is 24.6 Å². The van der Waals surface area contributed by atoms with E-state index in [1.807, 2.05) is 0 Å². The van der Waals surface area contributed by atoms with Gasteiger partial charge in [0.25, 0.3) is 5.91 Å². The Balaban J connectivity index is 1.70. The number of hydrogen-bond donors (Lipinski definition) is 1. The maximum atomic E-state index is 12.2. The fraction of sp³-hybridized carbons (Fsp3) is 0.118. The zero-order chi connectivity index (χ0) is 17.8. The molecule has 2 heterocycles. The van der Waals surface area contributed by atoms with Crippen LogP contribution < -0.4 is 10.1 Å². The quantitative estimate of drug-likeness (QED) is 0.682. The normalized spacial score (nSPS) is 10.5. The molecule has 0 aliphatic rings. The maximum absolute atomic E-state index is 12.2. The molecule has 0 unspecified atom stereocenters. The minimum atomic E-state index is -0.285. The Kier molecular flexibility index (Phi) is 5.53. The molecule has 0 saturated heterocycles. The van der Waals surface area contributed by atoms with Gasteiger partial charge in [-0.3, -0.25) is 10.1 Å². The minimum absolute atomic E-state index is 0.285. The van der Waals surface area contributed by atoms with E-state index in [9.17, 15) is 4.79 Å². The largest absolute Gasteiger partial charge is 0.481 e. The number of thiazole rings is 1. The summed E-state index contributed by atoms with van der Waals surface area (Å²) in [5, 5.41) is 4.47. The van der Waals surface area contributed by atoms with E-state index in [1.54, 1.807) is 36.5 Å². The number of aromatic nitrogens is 2. The highest BCUT2D eigenvalue weighted by atomic mass is 35.5. The molecule has 0 bridgehead atoms. The average molecular weight is 394 g/mol. The summed E-state index contributed by atoms with van der Waals surface area (Å²) < 4.78 is 4.97. The third-order valence-electron chi connectivity index (χ3n) is 3.39. The summed E-state index contributed by atoms with van der Waals surface area (Å²) in [6.07, 6.45) is 3.70. The number of ether oxygens (including phenoxy) is 1. The highest BCUT2D eigenvalue weighted by Gasteiger charge is 2.12. The number of pyridine rings is 1. The number of nitrogens with one attached hydrogen (secondary N) is 1. The molecule has 0 atom stereocenters. The standard InChI is InChI=1S/C17H13Cl2N3O2S/c1-24-15-6-5-10(8-20-15)16(23)22-17-21-9-11(25-17)7-12-13(18)3-2-4-14(12)19/h2-6,8-9H,7H2,1H3,(H,21,22,23). The van der Waals surface area contributed by atoms with Crippen molar-refractivity contribution < 1.29 is 9.53 Å². The average Bonchev–Trinajstić information content (AvgIpc) is 3.05. The number of carbonyl (C=O) groups excluding carboxylic acids is 1. The van der Waals surface area contributed by atoms with Crippen LogP contribution in [-0.4, -0.2) is 23.0 Å². The summed E-state index contributed by atoms with van der Waals surface area (Å²) in [7, 11) is 1.52. The van der Waals surface area contributed by atoms with Gasteiger partial charge in [-0.25, -0.2) is 9.97 Å². The van der Waals surface area contributed by atoms with Gasteiger partial charge in [0.2, 0.25) is 5.88 Å². The molecular formula is C17H13Cl2N3O2S. The molecule has 8 heteroatoms. The van der Waals surface area contributed by atoms with E-state index in [-0.39, 0.29) is 5.91 Å². The SMILES string of the molecule is COc1ccc(C(=O)Nc2ncc(Cc3c(Cl)cccc3Cl)s2)cn1. The molecule has 1 aromatic carbocycles. The molecule has 0 saturated carbocycles. The summed E-state index contributed by atoms with van der Waals surface area (Å²) >= 11 is 13.7. The maximum Gasteiger partial charge on any atom is 0.259 e. The van der Waals surface area contributed by atoms with Crippen molar-refractivity contribution >= 4 is 45.6 Å². The number of rotatable bonds is 5. The third-order valence-corrected chi connectivity index (χ3v) is 5.02. The van der Waals surface area contributed by atoms with Gasteiger partial charge in [-0.1, -0.05) is 29.3 Å². The first-order valence-electron chi connectivity index (χ1n) is 7.26. The molecule has 1 amide bonds. The van der Waals surface area contributed by atoms with E-state index < -0.39 is 0 Å². The number of halogens is 2. The smallest absolute Gasteiger partial charge is 0.259 e. The molecule has 0 aliphatic carbocycles. The van der Waals surface area contributed by atoms with Crippen LogP contribution in [0.1, 0.15) is 20.8 Å². The van der Waals surface area contributed by atoms with Crippen LogP contribution in [0.4, 0.5) is 5.13 Å². The van der Waals surface area contributed by atoms with Crippen molar-refractivity contribution in [1.29, 1.82) is 0 Å². The molecule has 0 radical (unpaired) electrons. The molecule has 1 N–H and O–H groups in total. The van der Waals surface area contributed by atoms with Crippen LogP contribution in [0.5, 0.6) is 5.88 Å². The Morgan fingerprint density at radius 2 is 1.92 bits per heavy atom. The van der Waals surface area contributed by atoms with Gasteiger partial charge >= 0.3 is 0 Å². The topological polar surface area (TPSA) is 64.1 Å². The van der Waals surface area contributed by atoms with Crippen LogP contribution in [0.3, 0.4) is 0 Å². The second-order valence-electron chi connectivity index (χ2n) is 5.05. The summed E-state index contributed by atoms with van der Waals surface area (Å²) in [6, 6.07) is 8.66. The van der Waals surface area contributed by atoms with Crippen LogP contribution in [0.15, 0.2) is 42.7 Å². The Morgan fingerprint density at radius 3 is 2.56 bits per heavy atom. The Labute approximate surface area is 158 Å². The lowest BCUT2D eigenvalue weighted by Gasteiger charge is -2.04. The Hall–Kier alpha value is -2.15. The van der Waals surface area contributed by atoms with Crippen molar-refractivity contribution in [1.82, 2.24) is 9.97 Å². The van der Waals surface area contributed by atoms with Crippen molar-refractivity contribution in [3.8, 4) is 5.88 Å². The van der Waals surface area contributed by atoms with Crippen LogP contribution in [0.2, 0.25) is 10.0 Å². The molecule has 25 heavy (non-hydrogen) atoms. The third kappa shape index (κ3) is 4.28. The zero-order valence-electron chi connectivity index (χ0n) is 13.1. The molecule has 0 spiro atoms. The van der Waals surface area contributed by atoms with Gasteiger partial charge in [-0.15, -0.1) is 11.3 Å². The highest BCUT2D eigenvalue weighted by Crippen LogP contribution is 2.29. The lowest BCUT2D eigenvalue weighted by atomic mass is 10.1. The zero-order valence-corrected chi connectivity index (χ0v) is 15.5. The fourth-order valence-corrected chi connectivity index (χ4v) is 3.48. The van der Waals surface area contributed by atoms with Crippen molar-refractivity contribution in [2.24, 2.45) is 0 Å². The first-order chi connectivity index (χ1) is 12.1. The number of anilines is 1. The number of carbonyl (C=O) groups is 1. The van der Waals surface area contributed by atoms with Crippen molar-refractivity contribution in [3.05, 3.63) is 68.8 Å². The predicted octanol–water partition coefficient (Wildman–Crippen LogP) is 4.70. The van der Waals surface area contributed by atoms with Gasteiger partial charge in [-0.2, -0.15) is 0 Å². The van der Waals surface area contributed by atoms with E-state index >= 15 is 0 Å². The number of amides is 1. The van der Waals surface area contributed by atoms with Crippen molar-refractivity contribution in [2.75, 3.05) is 12.4 Å². The number of methoxy groups -OCH3 is 1. The molecule has 3 aromatic rings. The van der Waals surface area contributed by atoms with Gasteiger partial charge < -0.3 is 4.74 Å². The van der Waals surface area contributed by atoms with Crippen molar-refractivity contribution in [3.63, 3.8) is 0 Å².